The smallest absolute Gasteiger partial charge is 0.330 e. The van der Waals surface area contributed by atoms with Crippen molar-refractivity contribution in [1.29, 1.82) is 0 Å². The lowest BCUT2D eigenvalue weighted by atomic mass is 10.4. The molecule has 2 aromatic heterocycles. The Morgan fingerprint density at radius 3 is 2.62 bits per heavy atom. The first-order chi connectivity index (χ1) is 7.67. The molecule has 0 atom stereocenters. The number of nitrogens with zero attached hydrogens (tertiary/aromatic N) is 2. The number of aromatic nitrogens is 4. The van der Waals surface area contributed by atoms with Crippen LogP contribution in [0.1, 0.15) is 26.1 Å². The minimum atomic E-state index is -0.395. The maximum absolute atomic E-state index is 11.9. The number of aryl methyl sites for hydroxylation is 1. The van der Waals surface area contributed by atoms with Gasteiger partial charge in [-0.2, -0.15) is 0 Å². The van der Waals surface area contributed by atoms with Crippen LogP contribution in [-0.2, 0) is 13.0 Å². The van der Waals surface area contributed by atoms with E-state index in [1.807, 2.05) is 13.8 Å². The molecule has 0 fully saturated rings. The summed E-state index contributed by atoms with van der Waals surface area (Å²) in [7, 11) is 0. The third-order valence-electron chi connectivity index (χ3n) is 2.46. The van der Waals surface area contributed by atoms with E-state index in [9.17, 15) is 9.59 Å². The Morgan fingerprint density at radius 1 is 1.25 bits per heavy atom. The molecule has 16 heavy (non-hydrogen) atoms. The van der Waals surface area contributed by atoms with Gasteiger partial charge in [0.05, 0.1) is 0 Å². The molecule has 6 nitrogen and oxygen atoms in total. The first-order valence-corrected chi connectivity index (χ1v) is 5.39. The van der Waals surface area contributed by atoms with Crippen molar-refractivity contribution in [2.24, 2.45) is 0 Å². The van der Waals surface area contributed by atoms with Gasteiger partial charge in [-0.05, 0) is 6.42 Å². The lowest BCUT2D eigenvalue weighted by Gasteiger charge is -2.00. The highest BCUT2D eigenvalue weighted by molar-refractivity contribution is 5.68. The van der Waals surface area contributed by atoms with Gasteiger partial charge in [0.15, 0.2) is 5.65 Å². The Kier molecular flexibility index (Phi) is 2.64. The lowest BCUT2D eigenvalue weighted by Crippen LogP contribution is -2.34. The summed E-state index contributed by atoms with van der Waals surface area (Å²) in [4.78, 5) is 33.2. The van der Waals surface area contributed by atoms with Crippen LogP contribution in [-0.4, -0.2) is 19.5 Å². The summed E-state index contributed by atoms with van der Waals surface area (Å²) < 4.78 is 1.19. The van der Waals surface area contributed by atoms with Crippen LogP contribution >= 0.6 is 0 Å². The SMILES string of the molecule is CCCn1c(=O)[nH]c2nc(CC)[nH]c2c1=O. The number of aromatic amines is 2. The van der Waals surface area contributed by atoms with Gasteiger partial charge in [0.25, 0.3) is 5.56 Å². The van der Waals surface area contributed by atoms with Crippen molar-refractivity contribution >= 4 is 11.2 Å². The Balaban J connectivity index is 2.76. The number of nitrogens with one attached hydrogen (secondary N) is 2. The molecule has 0 bridgehead atoms. The highest BCUT2D eigenvalue weighted by Gasteiger charge is 2.10. The number of H-pyrrole nitrogens is 2. The largest absolute Gasteiger partial charge is 0.336 e. The van der Waals surface area contributed by atoms with Gasteiger partial charge in [0, 0.05) is 13.0 Å². The van der Waals surface area contributed by atoms with Gasteiger partial charge in [0.1, 0.15) is 11.3 Å². The van der Waals surface area contributed by atoms with E-state index < -0.39 is 5.69 Å². The molecule has 0 aliphatic carbocycles. The standard InChI is InChI=1S/C10H14N4O2/c1-3-5-14-9(15)7-8(13-10(14)16)12-6(4-2)11-7/h3-5H2,1-2H3,(H,11,12)(H,13,16). The predicted octanol–water partition coefficient (Wildman–Crippen LogP) is 0.385. The third kappa shape index (κ3) is 1.56. The zero-order valence-corrected chi connectivity index (χ0v) is 9.33. The normalized spacial score (nSPS) is 11.1. The first-order valence-electron chi connectivity index (χ1n) is 5.39. The van der Waals surface area contributed by atoms with Crippen molar-refractivity contribution in [3.63, 3.8) is 0 Å². The Hall–Kier alpha value is -1.85. The van der Waals surface area contributed by atoms with Crippen molar-refractivity contribution in [1.82, 2.24) is 19.5 Å². The average Bonchev–Trinajstić information content (AvgIpc) is 2.67. The molecule has 86 valence electrons. The highest BCUT2D eigenvalue weighted by atomic mass is 16.2. The van der Waals surface area contributed by atoms with E-state index in [-0.39, 0.29) is 5.56 Å². The van der Waals surface area contributed by atoms with Crippen LogP contribution in [0.5, 0.6) is 0 Å². The van der Waals surface area contributed by atoms with E-state index in [1.165, 1.54) is 4.57 Å². The number of imidazole rings is 1. The minimum Gasteiger partial charge on any atom is -0.336 e. The molecule has 0 saturated carbocycles. The number of hydrogen-bond acceptors (Lipinski definition) is 3. The topological polar surface area (TPSA) is 83.5 Å². The minimum absolute atomic E-state index is 0.298. The Labute approximate surface area is 91.3 Å². The van der Waals surface area contributed by atoms with Crippen molar-refractivity contribution in [2.75, 3.05) is 0 Å². The molecule has 2 aromatic rings. The number of rotatable bonds is 3. The van der Waals surface area contributed by atoms with Gasteiger partial charge < -0.3 is 4.98 Å². The maximum atomic E-state index is 11.9. The molecule has 0 spiro atoms. The zero-order valence-electron chi connectivity index (χ0n) is 9.33. The summed E-state index contributed by atoms with van der Waals surface area (Å²) in [6, 6.07) is 0. The van der Waals surface area contributed by atoms with E-state index in [1.54, 1.807) is 0 Å². The summed E-state index contributed by atoms with van der Waals surface area (Å²) in [6.45, 7) is 4.27. The molecule has 0 unspecified atom stereocenters. The quantitative estimate of drug-likeness (QED) is 0.787. The van der Waals surface area contributed by atoms with Crippen LogP contribution in [0.3, 0.4) is 0 Å². The molecule has 0 amide bonds. The van der Waals surface area contributed by atoms with Crippen LogP contribution in [0, 0.1) is 0 Å². The Morgan fingerprint density at radius 2 is 2.00 bits per heavy atom. The molecule has 0 aliphatic heterocycles. The molecular formula is C10H14N4O2. The fraction of sp³-hybridized carbons (Fsp3) is 0.500. The molecule has 2 heterocycles. The van der Waals surface area contributed by atoms with Gasteiger partial charge in [-0.3, -0.25) is 14.3 Å². The monoisotopic (exact) mass is 222 g/mol. The second-order valence-corrected chi connectivity index (χ2v) is 3.65. The zero-order chi connectivity index (χ0) is 11.7. The van der Waals surface area contributed by atoms with Crippen molar-refractivity contribution in [3.05, 3.63) is 26.7 Å². The van der Waals surface area contributed by atoms with Crippen LogP contribution in [0.2, 0.25) is 0 Å². The molecular weight excluding hydrogens is 208 g/mol. The molecule has 2 N–H and O–H groups in total. The van der Waals surface area contributed by atoms with Crippen LogP contribution in [0.4, 0.5) is 0 Å². The van der Waals surface area contributed by atoms with Gasteiger partial charge in [-0.25, -0.2) is 9.78 Å². The fourth-order valence-electron chi connectivity index (χ4n) is 1.66. The van der Waals surface area contributed by atoms with Gasteiger partial charge >= 0.3 is 5.69 Å². The van der Waals surface area contributed by atoms with E-state index in [0.29, 0.717) is 30.0 Å². The number of fused-ring (bicyclic) bond motifs is 1. The highest BCUT2D eigenvalue weighted by Crippen LogP contribution is 2.02. The van der Waals surface area contributed by atoms with Crippen molar-refractivity contribution in [3.8, 4) is 0 Å². The fourth-order valence-corrected chi connectivity index (χ4v) is 1.66. The first kappa shape index (κ1) is 10.7. The Bertz CT molecular complexity index is 620. The van der Waals surface area contributed by atoms with Crippen LogP contribution in [0.25, 0.3) is 11.2 Å². The van der Waals surface area contributed by atoms with Gasteiger partial charge in [-0.1, -0.05) is 13.8 Å². The summed E-state index contributed by atoms with van der Waals surface area (Å²) in [6.07, 6.45) is 1.44. The van der Waals surface area contributed by atoms with E-state index in [4.69, 9.17) is 0 Å². The molecule has 0 radical (unpaired) electrons. The summed E-state index contributed by atoms with van der Waals surface area (Å²) in [5.41, 5.74) is 0.0328. The summed E-state index contributed by atoms with van der Waals surface area (Å²) >= 11 is 0. The average molecular weight is 222 g/mol. The molecule has 0 aromatic carbocycles. The van der Waals surface area contributed by atoms with Crippen molar-refractivity contribution in [2.45, 2.75) is 33.2 Å². The molecule has 2 rings (SSSR count). The maximum Gasteiger partial charge on any atom is 0.330 e. The van der Waals surface area contributed by atoms with Crippen LogP contribution in [0.15, 0.2) is 9.59 Å². The lowest BCUT2D eigenvalue weighted by molar-refractivity contribution is 0.622. The second-order valence-electron chi connectivity index (χ2n) is 3.65. The summed E-state index contributed by atoms with van der Waals surface area (Å²) in [5.74, 6) is 0.706. The van der Waals surface area contributed by atoms with Crippen molar-refractivity contribution < 1.29 is 0 Å². The predicted molar refractivity (Wildman–Crippen MR) is 60.6 cm³/mol. The number of hydrogen-bond donors (Lipinski definition) is 2. The molecule has 6 heteroatoms. The molecule has 0 saturated heterocycles. The summed E-state index contributed by atoms with van der Waals surface area (Å²) in [5, 5.41) is 0. The second kappa shape index (κ2) is 3.96. The molecule has 0 aliphatic rings. The third-order valence-corrected chi connectivity index (χ3v) is 2.46. The van der Waals surface area contributed by atoms with Gasteiger partial charge in [-0.15, -0.1) is 0 Å². The van der Waals surface area contributed by atoms with E-state index in [2.05, 4.69) is 15.0 Å². The van der Waals surface area contributed by atoms with Crippen LogP contribution < -0.4 is 11.2 Å². The van der Waals surface area contributed by atoms with E-state index >= 15 is 0 Å². The van der Waals surface area contributed by atoms with Gasteiger partial charge in [0.2, 0.25) is 0 Å². The van der Waals surface area contributed by atoms with E-state index in [0.717, 1.165) is 6.42 Å².